The van der Waals surface area contributed by atoms with Gasteiger partial charge < -0.3 is 9.30 Å². The van der Waals surface area contributed by atoms with Crippen LogP contribution in [-0.4, -0.2) is 23.1 Å². The lowest BCUT2D eigenvalue weighted by Crippen LogP contribution is -2.22. The summed E-state index contributed by atoms with van der Waals surface area (Å²) in [4.78, 5) is 11.8. The number of aromatic nitrogens is 1. The zero-order valence-electron chi connectivity index (χ0n) is 14.7. The molecule has 0 N–H and O–H groups in total. The van der Waals surface area contributed by atoms with Gasteiger partial charge >= 0.3 is 6.18 Å². The van der Waals surface area contributed by atoms with Crippen molar-refractivity contribution in [1.29, 1.82) is 0 Å². The molecule has 1 heterocycles. The molecule has 0 unspecified atom stereocenters. The van der Waals surface area contributed by atoms with E-state index in [1.807, 2.05) is 32.0 Å². The largest absolute Gasteiger partial charge is 0.492 e. The second-order valence-electron chi connectivity index (χ2n) is 6.32. The first-order chi connectivity index (χ1) is 12.7. The zero-order valence-corrected chi connectivity index (χ0v) is 16.3. The Labute approximate surface area is 162 Å². The van der Waals surface area contributed by atoms with Crippen LogP contribution in [0.15, 0.2) is 47.1 Å². The first-order valence-corrected chi connectivity index (χ1v) is 9.06. The molecule has 0 aliphatic heterocycles. The number of alkyl halides is 3. The van der Waals surface area contributed by atoms with Crippen molar-refractivity contribution in [3.8, 4) is 5.75 Å². The molecule has 0 saturated heterocycles. The molecular formula is C20H17BrF3NO2. The number of rotatable bonds is 5. The summed E-state index contributed by atoms with van der Waals surface area (Å²) < 4.78 is 46.7. The SMILES string of the molecule is Cc1ccc(OCCn2cc(C(=O)C(F)(F)F)c3cc(Br)ccc32)cc1C. The summed E-state index contributed by atoms with van der Waals surface area (Å²) in [5.74, 6) is -1.15. The molecule has 3 aromatic rings. The van der Waals surface area contributed by atoms with Crippen LogP contribution in [0.25, 0.3) is 10.9 Å². The fourth-order valence-corrected chi connectivity index (χ4v) is 3.21. The number of aryl methyl sites for hydroxylation is 2. The van der Waals surface area contributed by atoms with E-state index >= 15 is 0 Å². The Morgan fingerprint density at radius 3 is 2.52 bits per heavy atom. The summed E-state index contributed by atoms with van der Waals surface area (Å²) in [6.07, 6.45) is -3.67. The third-order valence-electron chi connectivity index (χ3n) is 4.42. The summed E-state index contributed by atoms with van der Waals surface area (Å²) in [6, 6.07) is 10.7. The average molecular weight is 440 g/mol. The van der Waals surface area contributed by atoms with Crippen molar-refractivity contribution in [2.24, 2.45) is 0 Å². The molecule has 0 saturated carbocycles. The molecule has 0 radical (unpaired) electrons. The van der Waals surface area contributed by atoms with Crippen molar-refractivity contribution in [2.75, 3.05) is 6.61 Å². The maximum absolute atomic E-state index is 12.9. The van der Waals surface area contributed by atoms with Gasteiger partial charge in [0, 0.05) is 21.6 Å². The Morgan fingerprint density at radius 1 is 1.11 bits per heavy atom. The van der Waals surface area contributed by atoms with Crippen LogP contribution in [0.1, 0.15) is 21.5 Å². The lowest BCUT2D eigenvalue weighted by Gasteiger charge is -2.10. The van der Waals surface area contributed by atoms with Crippen LogP contribution in [0.2, 0.25) is 0 Å². The molecular weight excluding hydrogens is 423 g/mol. The third-order valence-corrected chi connectivity index (χ3v) is 4.92. The van der Waals surface area contributed by atoms with Crippen LogP contribution in [0.4, 0.5) is 13.2 Å². The number of halogens is 4. The Balaban J connectivity index is 1.86. The summed E-state index contributed by atoms with van der Waals surface area (Å²) in [6.45, 7) is 4.56. The maximum Gasteiger partial charge on any atom is 0.454 e. The van der Waals surface area contributed by atoms with Crippen molar-refractivity contribution < 1.29 is 22.7 Å². The van der Waals surface area contributed by atoms with Gasteiger partial charge in [-0.1, -0.05) is 22.0 Å². The normalized spacial score (nSPS) is 11.8. The molecule has 0 aliphatic carbocycles. The van der Waals surface area contributed by atoms with E-state index in [1.54, 1.807) is 16.7 Å². The van der Waals surface area contributed by atoms with Crippen LogP contribution in [0.3, 0.4) is 0 Å². The summed E-state index contributed by atoms with van der Waals surface area (Å²) >= 11 is 3.24. The molecule has 7 heteroatoms. The lowest BCUT2D eigenvalue weighted by atomic mass is 10.1. The van der Waals surface area contributed by atoms with Gasteiger partial charge in [-0.3, -0.25) is 4.79 Å². The predicted octanol–water partition coefficient (Wildman–Crippen LogP) is 5.84. The smallest absolute Gasteiger partial charge is 0.454 e. The van der Waals surface area contributed by atoms with E-state index in [0.717, 1.165) is 11.1 Å². The van der Waals surface area contributed by atoms with Gasteiger partial charge in [0.1, 0.15) is 12.4 Å². The highest BCUT2D eigenvalue weighted by atomic mass is 79.9. The minimum atomic E-state index is -4.92. The monoisotopic (exact) mass is 439 g/mol. The first kappa shape index (κ1) is 19.5. The number of Topliss-reactive ketones (excluding diaryl/α,β-unsaturated/α-hetero) is 1. The average Bonchev–Trinajstić information content (AvgIpc) is 2.94. The van der Waals surface area contributed by atoms with Gasteiger partial charge in [-0.2, -0.15) is 13.2 Å². The van der Waals surface area contributed by atoms with E-state index in [0.29, 0.717) is 22.3 Å². The molecule has 3 nitrogen and oxygen atoms in total. The number of ketones is 1. The topological polar surface area (TPSA) is 31.2 Å². The van der Waals surface area contributed by atoms with Crippen LogP contribution >= 0.6 is 15.9 Å². The van der Waals surface area contributed by atoms with E-state index in [-0.39, 0.29) is 17.6 Å². The van der Waals surface area contributed by atoms with Crippen LogP contribution in [0.5, 0.6) is 5.75 Å². The van der Waals surface area contributed by atoms with Gasteiger partial charge in [-0.05, 0) is 55.3 Å². The number of hydrogen-bond donors (Lipinski definition) is 0. The molecule has 1 aromatic heterocycles. The summed E-state index contributed by atoms with van der Waals surface area (Å²) in [5.41, 5.74) is 2.45. The number of hydrogen-bond acceptors (Lipinski definition) is 2. The van der Waals surface area contributed by atoms with Crippen molar-refractivity contribution in [2.45, 2.75) is 26.6 Å². The minimum absolute atomic E-state index is 0.262. The molecule has 27 heavy (non-hydrogen) atoms. The van der Waals surface area contributed by atoms with Gasteiger partial charge in [0.25, 0.3) is 5.78 Å². The fraction of sp³-hybridized carbons (Fsp3) is 0.250. The number of benzene rings is 2. The Kier molecular flexibility index (Phi) is 5.33. The quantitative estimate of drug-likeness (QED) is 0.467. The van der Waals surface area contributed by atoms with Gasteiger partial charge in [0.05, 0.1) is 12.1 Å². The lowest BCUT2D eigenvalue weighted by molar-refractivity contribution is -0.0884. The number of carbonyl (C=O) groups is 1. The highest BCUT2D eigenvalue weighted by Crippen LogP contribution is 2.30. The zero-order chi connectivity index (χ0) is 19.8. The molecule has 0 aliphatic rings. The van der Waals surface area contributed by atoms with Gasteiger partial charge in [-0.25, -0.2) is 0 Å². The van der Waals surface area contributed by atoms with Crippen LogP contribution < -0.4 is 4.74 Å². The molecule has 0 spiro atoms. The highest BCUT2D eigenvalue weighted by Gasteiger charge is 2.40. The fourth-order valence-electron chi connectivity index (χ4n) is 2.85. The first-order valence-electron chi connectivity index (χ1n) is 8.27. The predicted molar refractivity (Wildman–Crippen MR) is 101 cm³/mol. The van der Waals surface area contributed by atoms with Crippen molar-refractivity contribution in [3.05, 3.63) is 63.8 Å². The summed E-state index contributed by atoms with van der Waals surface area (Å²) in [5, 5.41) is 0.262. The van der Waals surface area contributed by atoms with E-state index in [2.05, 4.69) is 15.9 Å². The highest BCUT2D eigenvalue weighted by molar-refractivity contribution is 9.10. The van der Waals surface area contributed by atoms with Crippen molar-refractivity contribution >= 4 is 32.6 Å². The molecule has 3 rings (SSSR count). The number of fused-ring (bicyclic) bond motifs is 1. The second kappa shape index (κ2) is 7.38. The number of carbonyl (C=O) groups excluding carboxylic acids is 1. The molecule has 0 fully saturated rings. The van der Waals surface area contributed by atoms with E-state index in [1.165, 1.54) is 12.3 Å². The van der Waals surface area contributed by atoms with Crippen molar-refractivity contribution in [3.63, 3.8) is 0 Å². The van der Waals surface area contributed by atoms with Gasteiger partial charge in [0.2, 0.25) is 0 Å². The van der Waals surface area contributed by atoms with Crippen LogP contribution in [0, 0.1) is 13.8 Å². The third kappa shape index (κ3) is 4.18. The van der Waals surface area contributed by atoms with Crippen molar-refractivity contribution in [1.82, 2.24) is 4.57 Å². The maximum atomic E-state index is 12.9. The molecule has 142 valence electrons. The van der Waals surface area contributed by atoms with Crippen LogP contribution in [-0.2, 0) is 6.54 Å². The molecule has 0 atom stereocenters. The Bertz CT molecular complexity index is 1010. The Hall–Kier alpha value is -2.28. The van der Waals surface area contributed by atoms with Gasteiger partial charge in [-0.15, -0.1) is 0 Å². The van der Waals surface area contributed by atoms with Gasteiger partial charge in [0.15, 0.2) is 0 Å². The van der Waals surface area contributed by atoms with E-state index in [4.69, 9.17) is 4.74 Å². The summed E-state index contributed by atoms with van der Waals surface area (Å²) in [7, 11) is 0. The standard InChI is InChI=1S/C20H17BrF3NO2/c1-12-3-5-15(9-13(12)2)27-8-7-25-11-17(19(26)20(22,23)24)16-10-14(21)4-6-18(16)25/h3-6,9-11H,7-8H2,1-2H3. The number of ether oxygens (including phenoxy) is 1. The second-order valence-corrected chi connectivity index (χ2v) is 7.23. The molecule has 0 bridgehead atoms. The molecule has 2 aromatic carbocycles. The molecule has 0 amide bonds. The van der Waals surface area contributed by atoms with E-state index < -0.39 is 12.0 Å². The van der Waals surface area contributed by atoms with E-state index in [9.17, 15) is 18.0 Å². The Morgan fingerprint density at radius 2 is 1.85 bits per heavy atom. The number of nitrogens with zero attached hydrogens (tertiary/aromatic N) is 1. The minimum Gasteiger partial charge on any atom is -0.492 e.